The van der Waals surface area contributed by atoms with Crippen molar-refractivity contribution in [1.29, 1.82) is 0 Å². The Labute approximate surface area is 114 Å². The van der Waals surface area contributed by atoms with Crippen LogP contribution in [0.3, 0.4) is 0 Å². The van der Waals surface area contributed by atoms with Crippen LogP contribution in [-0.4, -0.2) is 10.9 Å². The van der Waals surface area contributed by atoms with Crippen molar-refractivity contribution < 1.29 is 4.79 Å². The molecule has 0 saturated heterocycles. The second kappa shape index (κ2) is 5.89. The molecule has 2 aromatic rings. The fraction of sp³-hybridized carbons (Fsp3) is 0.0769. The summed E-state index contributed by atoms with van der Waals surface area (Å²) in [7, 11) is 0. The fourth-order valence-corrected chi connectivity index (χ4v) is 2.68. The van der Waals surface area contributed by atoms with Crippen molar-refractivity contribution >= 4 is 29.3 Å². The third-order valence-electron chi connectivity index (χ3n) is 2.31. The Morgan fingerprint density at radius 1 is 1.22 bits per heavy atom. The van der Waals surface area contributed by atoms with E-state index in [4.69, 9.17) is 17.3 Å². The van der Waals surface area contributed by atoms with Gasteiger partial charge in [0, 0.05) is 6.20 Å². The number of nitrogens with two attached hydrogens (primary N) is 1. The maximum Gasteiger partial charge on any atom is 0.235 e. The van der Waals surface area contributed by atoms with Crippen molar-refractivity contribution in [2.75, 3.05) is 0 Å². The Morgan fingerprint density at radius 3 is 2.56 bits per heavy atom. The van der Waals surface area contributed by atoms with E-state index in [-0.39, 0.29) is 0 Å². The summed E-state index contributed by atoms with van der Waals surface area (Å²) in [5, 5.41) is 0.634. The Morgan fingerprint density at radius 2 is 1.94 bits per heavy atom. The number of pyridine rings is 1. The number of hydrogen-bond donors (Lipinski definition) is 1. The van der Waals surface area contributed by atoms with Crippen LogP contribution in [0.5, 0.6) is 0 Å². The van der Waals surface area contributed by atoms with Crippen LogP contribution in [0.1, 0.15) is 10.8 Å². The molecule has 1 atom stereocenters. The van der Waals surface area contributed by atoms with Crippen LogP contribution in [0.25, 0.3) is 0 Å². The molecule has 1 amide bonds. The predicted molar refractivity (Wildman–Crippen MR) is 73.5 cm³/mol. The average molecular weight is 279 g/mol. The molecule has 0 bridgehead atoms. The number of thioether (sulfide) groups is 1. The minimum Gasteiger partial charge on any atom is -0.368 e. The highest BCUT2D eigenvalue weighted by molar-refractivity contribution is 8.00. The molecule has 1 aromatic carbocycles. The van der Waals surface area contributed by atoms with Crippen molar-refractivity contribution in [3.05, 3.63) is 59.2 Å². The highest BCUT2D eigenvalue weighted by Crippen LogP contribution is 2.36. The predicted octanol–water partition coefficient (Wildman–Crippen LogP) is 3.05. The summed E-state index contributed by atoms with van der Waals surface area (Å²) < 4.78 is 0. The minimum atomic E-state index is -0.487. The normalized spacial score (nSPS) is 12.1. The summed E-state index contributed by atoms with van der Waals surface area (Å²) in [6.07, 6.45) is 1.64. The van der Waals surface area contributed by atoms with Gasteiger partial charge in [0.25, 0.3) is 0 Å². The molecule has 0 radical (unpaired) electrons. The number of rotatable bonds is 4. The molecule has 1 unspecified atom stereocenters. The molecule has 18 heavy (non-hydrogen) atoms. The topological polar surface area (TPSA) is 56.0 Å². The minimum absolute atomic E-state index is 0.409. The molecule has 0 fully saturated rings. The molecule has 1 aromatic heterocycles. The Hall–Kier alpha value is -1.52. The second-order valence-corrected chi connectivity index (χ2v) is 5.10. The van der Waals surface area contributed by atoms with Crippen LogP contribution in [0.4, 0.5) is 0 Å². The summed E-state index contributed by atoms with van der Waals surface area (Å²) in [5.41, 5.74) is 6.28. The van der Waals surface area contributed by atoms with Crippen molar-refractivity contribution in [2.45, 2.75) is 10.3 Å². The van der Waals surface area contributed by atoms with E-state index < -0.39 is 11.2 Å². The van der Waals surface area contributed by atoms with Crippen LogP contribution in [0.2, 0.25) is 5.02 Å². The Balaban J connectivity index is 2.28. The standard InChI is InChI=1S/C13H11ClN2OS/c14-10-7-4-8-16-13(10)18-11(12(15)17)9-5-2-1-3-6-9/h1-8,11H,(H2,15,17). The maximum atomic E-state index is 11.5. The van der Waals surface area contributed by atoms with E-state index in [1.165, 1.54) is 11.8 Å². The molecule has 0 aliphatic heterocycles. The molecule has 92 valence electrons. The molecule has 0 aliphatic carbocycles. The number of benzene rings is 1. The first-order chi connectivity index (χ1) is 8.68. The van der Waals surface area contributed by atoms with Gasteiger partial charge in [-0.3, -0.25) is 4.79 Å². The van der Waals surface area contributed by atoms with Gasteiger partial charge >= 0.3 is 0 Å². The van der Waals surface area contributed by atoms with E-state index >= 15 is 0 Å². The van der Waals surface area contributed by atoms with Gasteiger partial charge in [0.05, 0.1) is 5.02 Å². The maximum absolute atomic E-state index is 11.5. The molecule has 2 N–H and O–H groups in total. The van der Waals surface area contributed by atoms with Gasteiger partial charge in [-0.15, -0.1) is 0 Å². The lowest BCUT2D eigenvalue weighted by molar-refractivity contribution is -0.117. The van der Waals surface area contributed by atoms with E-state index in [0.29, 0.717) is 10.0 Å². The zero-order chi connectivity index (χ0) is 13.0. The lowest BCUT2D eigenvalue weighted by Gasteiger charge is -2.13. The lowest BCUT2D eigenvalue weighted by atomic mass is 10.1. The van der Waals surface area contributed by atoms with E-state index in [1.807, 2.05) is 30.3 Å². The molecule has 0 saturated carbocycles. The van der Waals surface area contributed by atoms with Gasteiger partial charge < -0.3 is 5.73 Å². The fourth-order valence-electron chi connectivity index (χ4n) is 1.49. The van der Waals surface area contributed by atoms with Gasteiger partial charge in [0.2, 0.25) is 5.91 Å². The molecule has 0 aliphatic rings. The summed E-state index contributed by atoms with van der Waals surface area (Å²) in [6.45, 7) is 0. The largest absolute Gasteiger partial charge is 0.368 e. The number of halogens is 1. The van der Waals surface area contributed by atoms with Crippen molar-refractivity contribution in [2.24, 2.45) is 5.73 Å². The lowest BCUT2D eigenvalue weighted by Crippen LogP contribution is -2.19. The third-order valence-corrected chi connectivity index (χ3v) is 4.02. The van der Waals surface area contributed by atoms with Crippen molar-refractivity contribution in [3.8, 4) is 0 Å². The van der Waals surface area contributed by atoms with Gasteiger partial charge in [-0.1, -0.05) is 53.7 Å². The molecule has 5 heteroatoms. The van der Waals surface area contributed by atoms with Crippen LogP contribution < -0.4 is 5.73 Å². The van der Waals surface area contributed by atoms with Gasteiger partial charge in [0.1, 0.15) is 10.3 Å². The summed E-state index contributed by atoms with van der Waals surface area (Å²) in [6, 6.07) is 12.8. The molecule has 2 rings (SSSR count). The van der Waals surface area contributed by atoms with Crippen LogP contribution in [-0.2, 0) is 4.79 Å². The average Bonchev–Trinajstić information content (AvgIpc) is 2.38. The number of hydrogen-bond acceptors (Lipinski definition) is 3. The zero-order valence-corrected chi connectivity index (χ0v) is 11.0. The van der Waals surface area contributed by atoms with Crippen LogP contribution in [0.15, 0.2) is 53.7 Å². The molecular weight excluding hydrogens is 268 g/mol. The van der Waals surface area contributed by atoms with Crippen molar-refractivity contribution in [3.63, 3.8) is 0 Å². The van der Waals surface area contributed by atoms with Gasteiger partial charge in [-0.05, 0) is 17.7 Å². The number of carbonyl (C=O) groups is 1. The van der Waals surface area contributed by atoms with Crippen molar-refractivity contribution in [1.82, 2.24) is 4.98 Å². The number of primary amides is 1. The number of carbonyl (C=O) groups excluding carboxylic acids is 1. The van der Waals surface area contributed by atoms with E-state index in [9.17, 15) is 4.79 Å². The molecule has 0 spiro atoms. The van der Waals surface area contributed by atoms with Crippen LogP contribution >= 0.6 is 23.4 Å². The quantitative estimate of drug-likeness (QED) is 0.875. The van der Waals surface area contributed by atoms with E-state index in [1.54, 1.807) is 18.3 Å². The first kappa shape index (κ1) is 12.9. The van der Waals surface area contributed by atoms with Gasteiger partial charge in [-0.25, -0.2) is 4.98 Å². The SMILES string of the molecule is NC(=O)C(Sc1ncccc1Cl)c1ccccc1. The number of nitrogens with zero attached hydrogens (tertiary/aromatic N) is 1. The Kier molecular flexibility index (Phi) is 4.23. The van der Waals surface area contributed by atoms with Gasteiger partial charge in [-0.2, -0.15) is 0 Å². The highest BCUT2D eigenvalue weighted by Gasteiger charge is 2.20. The smallest absolute Gasteiger partial charge is 0.235 e. The monoisotopic (exact) mass is 278 g/mol. The number of aromatic nitrogens is 1. The summed E-state index contributed by atoms with van der Waals surface area (Å²) in [5.74, 6) is -0.409. The second-order valence-electron chi connectivity index (χ2n) is 3.60. The highest BCUT2D eigenvalue weighted by atomic mass is 35.5. The molecule has 1 heterocycles. The first-order valence-corrected chi connectivity index (χ1v) is 6.55. The Bertz CT molecular complexity index is 548. The van der Waals surface area contributed by atoms with E-state index in [0.717, 1.165) is 5.56 Å². The van der Waals surface area contributed by atoms with Crippen LogP contribution in [0, 0.1) is 0 Å². The van der Waals surface area contributed by atoms with E-state index in [2.05, 4.69) is 4.98 Å². The first-order valence-electron chi connectivity index (χ1n) is 5.30. The number of amides is 1. The summed E-state index contributed by atoms with van der Waals surface area (Å²) >= 11 is 7.28. The molecular formula is C13H11ClN2OS. The summed E-state index contributed by atoms with van der Waals surface area (Å²) in [4.78, 5) is 15.7. The zero-order valence-electron chi connectivity index (χ0n) is 9.42. The third kappa shape index (κ3) is 3.03. The molecule has 3 nitrogen and oxygen atoms in total. The van der Waals surface area contributed by atoms with Gasteiger partial charge in [0.15, 0.2) is 0 Å².